The standard InChI is InChI=1S/C23H17IN2OS/c1-15-6-2-3-7-18(15)23-26-21(14-28-23)16-10-12-17(13-11-16)25-22(27)19-8-4-5-9-20(19)24/h2-14H,1H3,(H,25,27). The molecule has 0 aliphatic carbocycles. The fourth-order valence-corrected chi connectivity index (χ4v) is 4.46. The SMILES string of the molecule is Cc1ccccc1-c1nc(-c2ccc(NC(=O)c3ccccc3I)cc2)cs1. The van der Waals surface area contributed by atoms with E-state index in [9.17, 15) is 4.79 Å². The van der Waals surface area contributed by atoms with Gasteiger partial charge in [-0.1, -0.05) is 48.5 Å². The van der Waals surface area contributed by atoms with E-state index in [0.717, 1.165) is 25.5 Å². The van der Waals surface area contributed by atoms with Crippen molar-refractivity contribution in [3.63, 3.8) is 0 Å². The second-order valence-corrected chi connectivity index (χ2v) is 8.38. The van der Waals surface area contributed by atoms with Crippen LogP contribution in [0.1, 0.15) is 15.9 Å². The Morgan fingerprint density at radius 3 is 2.43 bits per heavy atom. The van der Waals surface area contributed by atoms with Gasteiger partial charge in [0.2, 0.25) is 0 Å². The number of aryl methyl sites for hydroxylation is 1. The van der Waals surface area contributed by atoms with Crippen molar-refractivity contribution >= 4 is 45.5 Å². The summed E-state index contributed by atoms with van der Waals surface area (Å²) in [4.78, 5) is 17.2. The van der Waals surface area contributed by atoms with E-state index in [-0.39, 0.29) is 5.91 Å². The molecule has 0 unspecified atom stereocenters. The molecule has 1 amide bonds. The van der Waals surface area contributed by atoms with E-state index in [0.29, 0.717) is 5.56 Å². The fourth-order valence-electron chi connectivity index (χ4n) is 2.91. The van der Waals surface area contributed by atoms with Crippen molar-refractivity contribution < 1.29 is 4.79 Å². The number of carbonyl (C=O) groups is 1. The summed E-state index contributed by atoms with van der Waals surface area (Å²) < 4.78 is 0.931. The molecule has 0 saturated heterocycles. The Morgan fingerprint density at radius 2 is 1.68 bits per heavy atom. The largest absolute Gasteiger partial charge is 0.322 e. The molecule has 0 aliphatic rings. The van der Waals surface area contributed by atoms with E-state index in [1.165, 1.54) is 11.1 Å². The lowest BCUT2D eigenvalue weighted by atomic mass is 10.1. The number of anilines is 1. The van der Waals surface area contributed by atoms with Gasteiger partial charge in [-0.15, -0.1) is 11.3 Å². The van der Waals surface area contributed by atoms with Gasteiger partial charge < -0.3 is 5.32 Å². The Kier molecular flexibility index (Phi) is 5.54. The third kappa shape index (κ3) is 4.00. The van der Waals surface area contributed by atoms with E-state index in [1.807, 2.05) is 60.7 Å². The van der Waals surface area contributed by atoms with Crippen LogP contribution in [0.5, 0.6) is 0 Å². The molecule has 1 aromatic heterocycles. The molecular formula is C23H17IN2OS. The third-order valence-electron chi connectivity index (χ3n) is 4.44. The topological polar surface area (TPSA) is 42.0 Å². The van der Waals surface area contributed by atoms with Gasteiger partial charge in [0.15, 0.2) is 0 Å². The summed E-state index contributed by atoms with van der Waals surface area (Å²) in [6.45, 7) is 2.10. The van der Waals surface area contributed by atoms with Gasteiger partial charge in [-0.25, -0.2) is 4.98 Å². The summed E-state index contributed by atoms with van der Waals surface area (Å²) in [6.07, 6.45) is 0. The zero-order chi connectivity index (χ0) is 19.5. The second-order valence-electron chi connectivity index (χ2n) is 6.36. The molecule has 0 spiro atoms. The van der Waals surface area contributed by atoms with E-state index in [4.69, 9.17) is 4.98 Å². The van der Waals surface area contributed by atoms with Crippen molar-refractivity contribution in [3.05, 3.63) is 92.9 Å². The maximum absolute atomic E-state index is 12.5. The van der Waals surface area contributed by atoms with Crippen molar-refractivity contribution in [1.82, 2.24) is 4.98 Å². The molecule has 0 fully saturated rings. The quantitative estimate of drug-likeness (QED) is 0.322. The molecule has 28 heavy (non-hydrogen) atoms. The van der Waals surface area contributed by atoms with E-state index in [1.54, 1.807) is 11.3 Å². The number of benzene rings is 3. The van der Waals surface area contributed by atoms with Crippen molar-refractivity contribution in [1.29, 1.82) is 0 Å². The highest BCUT2D eigenvalue weighted by Crippen LogP contribution is 2.31. The number of carbonyl (C=O) groups excluding carboxylic acids is 1. The lowest BCUT2D eigenvalue weighted by Crippen LogP contribution is -2.13. The first-order chi connectivity index (χ1) is 13.6. The van der Waals surface area contributed by atoms with E-state index in [2.05, 4.69) is 52.3 Å². The summed E-state index contributed by atoms with van der Waals surface area (Å²) in [5.41, 5.74) is 5.80. The average Bonchev–Trinajstić information content (AvgIpc) is 3.19. The highest BCUT2D eigenvalue weighted by atomic mass is 127. The van der Waals surface area contributed by atoms with Crippen molar-refractivity contribution in [2.75, 3.05) is 5.32 Å². The molecule has 0 saturated carbocycles. The molecule has 1 N–H and O–H groups in total. The number of nitrogens with one attached hydrogen (secondary N) is 1. The van der Waals surface area contributed by atoms with Gasteiger partial charge in [0.1, 0.15) is 5.01 Å². The van der Waals surface area contributed by atoms with Gasteiger partial charge in [0.25, 0.3) is 5.91 Å². The van der Waals surface area contributed by atoms with Crippen LogP contribution in [-0.4, -0.2) is 10.9 Å². The Balaban J connectivity index is 1.52. The number of thiazole rings is 1. The van der Waals surface area contributed by atoms with Crippen LogP contribution in [0.15, 0.2) is 78.2 Å². The van der Waals surface area contributed by atoms with Crippen LogP contribution in [0.25, 0.3) is 21.8 Å². The van der Waals surface area contributed by atoms with Crippen LogP contribution in [0.4, 0.5) is 5.69 Å². The number of amides is 1. The van der Waals surface area contributed by atoms with Crippen LogP contribution >= 0.6 is 33.9 Å². The monoisotopic (exact) mass is 496 g/mol. The molecule has 5 heteroatoms. The predicted molar refractivity (Wildman–Crippen MR) is 125 cm³/mol. The van der Waals surface area contributed by atoms with E-state index < -0.39 is 0 Å². The Morgan fingerprint density at radius 1 is 0.964 bits per heavy atom. The summed E-state index contributed by atoms with van der Waals surface area (Å²) in [6, 6.07) is 23.6. The summed E-state index contributed by atoms with van der Waals surface area (Å²) >= 11 is 3.82. The molecule has 138 valence electrons. The summed E-state index contributed by atoms with van der Waals surface area (Å²) in [7, 11) is 0. The molecule has 4 aromatic rings. The number of hydrogen-bond donors (Lipinski definition) is 1. The first kappa shape index (κ1) is 18.8. The van der Waals surface area contributed by atoms with Crippen LogP contribution in [0.2, 0.25) is 0 Å². The molecule has 3 nitrogen and oxygen atoms in total. The third-order valence-corrected chi connectivity index (χ3v) is 6.25. The number of hydrogen-bond acceptors (Lipinski definition) is 3. The normalized spacial score (nSPS) is 10.6. The van der Waals surface area contributed by atoms with Gasteiger partial charge in [-0.2, -0.15) is 0 Å². The first-order valence-electron chi connectivity index (χ1n) is 8.79. The Labute approximate surface area is 181 Å². The summed E-state index contributed by atoms with van der Waals surface area (Å²) in [5, 5.41) is 6.04. The molecular weight excluding hydrogens is 479 g/mol. The highest BCUT2D eigenvalue weighted by molar-refractivity contribution is 14.1. The molecule has 4 rings (SSSR count). The minimum atomic E-state index is -0.103. The number of nitrogens with zero attached hydrogens (tertiary/aromatic N) is 1. The fraction of sp³-hybridized carbons (Fsp3) is 0.0435. The molecule has 0 aliphatic heterocycles. The average molecular weight is 496 g/mol. The summed E-state index contributed by atoms with van der Waals surface area (Å²) in [5.74, 6) is -0.103. The highest BCUT2D eigenvalue weighted by Gasteiger charge is 2.11. The van der Waals surface area contributed by atoms with Crippen LogP contribution < -0.4 is 5.32 Å². The lowest BCUT2D eigenvalue weighted by Gasteiger charge is -2.07. The maximum atomic E-state index is 12.5. The lowest BCUT2D eigenvalue weighted by molar-refractivity contribution is 0.102. The van der Waals surface area contributed by atoms with Gasteiger partial charge in [0, 0.05) is 25.8 Å². The first-order valence-corrected chi connectivity index (χ1v) is 10.8. The van der Waals surface area contributed by atoms with Gasteiger partial charge >= 0.3 is 0 Å². The van der Waals surface area contributed by atoms with Crippen LogP contribution in [-0.2, 0) is 0 Å². The molecule has 0 bridgehead atoms. The smallest absolute Gasteiger partial charge is 0.256 e. The van der Waals surface area contributed by atoms with Crippen molar-refractivity contribution in [2.45, 2.75) is 6.92 Å². The van der Waals surface area contributed by atoms with E-state index >= 15 is 0 Å². The molecule has 3 aromatic carbocycles. The Hall–Kier alpha value is -2.51. The number of aromatic nitrogens is 1. The maximum Gasteiger partial charge on any atom is 0.256 e. The van der Waals surface area contributed by atoms with Gasteiger partial charge in [-0.3, -0.25) is 4.79 Å². The molecule has 0 atom stereocenters. The van der Waals surface area contributed by atoms with Crippen LogP contribution in [0, 0.1) is 10.5 Å². The number of rotatable bonds is 4. The predicted octanol–water partition coefficient (Wildman–Crippen LogP) is 6.64. The van der Waals surface area contributed by atoms with Crippen molar-refractivity contribution in [3.8, 4) is 21.8 Å². The minimum absolute atomic E-state index is 0.103. The zero-order valence-corrected chi connectivity index (χ0v) is 18.1. The molecule has 0 radical (unpaired) electrons. The number of halogens is 1. The minimum Gasteiger partial charge on any atom is -0.322 e. The van der Waals surface area contributed by atoms with Crippen molar-refractivity contribution in [2.24, 2.45) is 0 Å². The Bertz CT molecular complexity index is 1140. The zero-order valence-electron chi connectivity index (χ0n) is 15.1. The van der Waals surface area contributed by atoms with Crippen LogP contribution in [0.3, 0.4) is 0 Å². The molecule has 1 heterocycles. The second kappa shape index (κ2) is 8.24. The van der Waals surface area contributed by atoms with Gasteiger partial charge in [0.05, 0.1) is 11.3 Å². The van der Waals surface area contributed by atoms with Gasteiger partial charge in [-0.05, 0) is 59.3 Å².